The molecule has 1 fully saturated rings. The van der Waals surface area contributed by atoms with Gasteiger partial charge in [0.1, 0.15) is 6.61 Å². The number of unbranched alkanes of at least 4 members (excludes halogenated alkanes) is 4. The molecular weight excluding hydrogens is 537 g/mol. The highest BCUT2D eigenvalue weighted by Crippen LogP contribution is 2.49. The molecule has 5 nitrogen and oxygen atoms in total. The number of para-hydroxylation sites is 1. The van der Waals surface area contributed by atoms with Crippen LogP contribution in [0.25, 0.3) is 0 Å². The average Bonchev–Trinajstić information content (AvgIpc) is 2.95. The lowest BCUT2D eigenvalue weighted by Crippen LogP contribution is -2.38. The Bertz CT molecular complexity index is 1090. The van der Waals surface area contributed by atoms with Crippen LogP contribution in [0.4, 0.5) is 24.5 Å². The zero-order valence-electron chi connectivity index (χ0n) is 23.4. The number of fused-ring (bicyclic) bond motifs is 2. The summed E-state index contributed by atoms with van der Waals surface area (Å²) >= 11 is 1.52. The summed E-state index contributed by atoms with van der Waals surface area (Å²) in [6.45, 7) is 6.27. The molecule has 0 radical (unpaired) electrons. The summed E-state index contributed by atoms with van der Waals surface area (Å²) in [6, 6.07) is 11.9. The summed E-state index contributed by atoms with van der Waals surface area (Å²) in [5.74, 6) is -0.137. The Morgan fingerprint density at radius 2 is 1.68 bits per heavy atom. The molecule has 40 heavy (non-hydrogen) atoms. The lowest BCUT2D eigenvalue weighted by molar-refractivity contribution is -0.146. The van der Waals surface area contributed by atoms with E-state index < -0.39 is 11.7 Å². The monoisotopic (exact) mass is 578 g/mol. The number of nitrogens with zero attached hydrogens (tertiary/aromatic N) is 2. The average molecular weight is 579 g/mol. The van der Waals surface area contributed by atoms with E-state index in [1.807, 2.05) is 29.2 Å². The first-order valence-corrected chi connectivity index (χ1v) is 15.4. The number of hydrogen-bond donors (Lipinski definition) is 0. The van der Waals surface area contributed by atoms with Crippen molar-refractivity contribution in [3.05, 3.63) is 48.0 Å². The number of halogens is 3. The first kappa shape index (κ1) is 30.7. The van der Waals surface area contributed by atoms with Crippen LogP contribution in [0.2, 0.25) is 0 Å². The maximum Gasteiger partial charge on any atom is 0.416 e. The van der Waals surface area contributed by atoms with Crippen molar-refractivity contribution < 1.29 is 27.4 Å². The molecule has 0 aliphatic carbocycles. The molecular formula is C31H41F3N2O3S. The largest absolute Gasteiger partial charge is 0.463 e. The fourth-order valence-electron chi connectivity index (χ4n) is 5.31. The van der Waals surface area contributed by atoms with Crippen LogP contribution >= 0.6 is 11.8 Å². The number of carbonyl (C=O) groups excluding carboxylic acids is 1. The van der Waals surface area contributed by atoms with E-state index in [-0.39, 0.29) is 12.1 Å². The molecule has 4 rings (SSSR count). The minimum Gasteiger partial charge on any atom is -0.463 e. The van der Waals surface area contributed by atoms with Crippen LogP contribution in [0, 0.1) is 0 Å². The van der Waals surface area contributed by atoms with Crippen molar-refractivity contribution in [1.82, 2.24) is 4.90 Å². The maximum absolute atomic E-state index is 13.5. The molecule has 2 aliphatic rings. The van der Waals surface area contributed by atoms with Crippen LogP contribution in [-0.2, 0) is 20.4 Å². The molecule has 2 aromatic carbocycles. The van der Waals surface area contributed by atoms with Gasteiger partial charge in [0.2, 0.25) is 0 Å². The quantitative estimate of drug-likeness (QED) is 0.167. The highest BCUT2D eigenvalue weighted by Gasteiger charge is 2.33. The highest BCUT2D eigenvalue weighted by molar-refractivity contribution is 7.99. The Morgan fingerprint density at radius 1 is 0.925 bits per heavy atom. The van der Waals surface area contributed by atoms with Gasteiger partial charge >= 0.3 is 12.1 Å². The van der Waals surface area contributed by atoms with Crippen LogP contribution in [0.5, 0.6) is 0 Å². The summed E-state index contributed by atoms with van der Waals surface area (Å²) in [4.78, 5) is 18.2. The van der Waals surface area contributed by atoms with E-state index in [0.29, 0.717) is 31.9 Å². The number of anilines is 2. The van der Waals surface area contributed by atoms with Crippen LogP contribution in [0.1, 0.15) is 70.3 Å². The number of esters is 1. The zero-order chi connectivity index (χ0) is 28.4. The van der Waals surface area contributed by atoms with E-state index in [1.165, 1.54) is 43.2 Å². The number of piperidine rings is 1. The Balaban J connectivity index is 1.18. The van der Waals surface area contributed by atoms with E-state index in [1.54, 1.807) is 6.07 Å². The number of carbonyl (C=O) groups is 1. The third kappa shape index (κ3) is 8.88. The minimum atomic E-state index is -4.37. The van der Waals surface area contributed by atoms with Gasteiger partial charge in [0.15, 0.2) is 0 Å². The number of hydrogen-bond acceptors (Lipinski definition) is 6. The van der Waals surface area contributed by atoms with Crippen LogP contribution in [-0.4, -0.2) is 56.4 Å². The smallest absolute Gasteiger partial charge is 0.416 e. The Morgan fingerprint density at radius 3 is 2.45 bits per heavy atom. The van der Waals surface area contributed by atoms with E-state index in [2.05, 4.69) is 11.8 Å². The van der Waals surface area contributed by atoms with Gasteiger partial charge in [-0.2, -0.15) is 13.2 Å². The number of ether oxygens (including phenoxy) is 2. The first-order chi connectivity index (χ1) is 19.3. The molecule has 0 amide bonds. The van der Waals surface area contributed by atoms with Crippen LogP contribution < -0.4 is 4.90 Å². The number of likely N-dealkylation sites (tertiary alicyclic amines) is 1. The third-order valence-electron chi connectivity index (χ3n) is 7.53. The summed E-state index contributed by atoms with van der Waals surface area (Å²) in [5.41, 5.74) is 0.974. The van der Waals surface area contributed by atoms with E-state index in [9.17, 15) is 18.0 Å². The Labute approximate surface area is 240 Å². The lowest BCUT2D eigenvalue weighted by Gasteiger charge is -2.35. The zero-order valence-corrected chi connectivity index (χ0v) is 24.2. The molecule has 2 aliphatic heterocycles. The van der Waals surface area contributed by atoms with Crippen LogP contribution in [0.15, 0.2) is 52.3 Å². The number of rotatable bonds is 14. The van der Waals surface area contributed by atoms with Crippen molar-refractivity contribution >= 4 is 29.1 Å². The topological polar surface area (TPSA) is 42.0 Å². The van der Waals surface area contributed by atoms with Gasteiger partial charge in [-0.1, -0.05) is 56.5 Å². The van der Waals surface area contributed by atoms with Gasteiger partial charge in [0, 0.05) is 35.8 Å². The molecule has 220 valence electrons. The molecule has 0 spiro atoms. The second kappa shape index (κ2) is 15.1. The SMILES string of the molecule is CCCCCCCC(=O)OCCOC1CCN(CCCN2c3ccccc3Sc3ccc(C(F)(F)F)cc32)CC1. The van der Waals surface area contributed by atoms with E-state index in [4.69, 9.17) is 9.47 Å². The van der Waals surface area contributed by atoms with Crippen molar-refractivity contribution in [3.8, 4) is 0 Å². The predicted octanol–water partition coefficient (Wildman–Crippen LogP) is 8.08. The molecule has 0 saturated carbocycles. The Kier molecular flexibility index (Phi) is 11.6. The number of alkyl halides is 3. The van der Waals surface area contributed by atoms with Crippen molar-refractivity contribution in [2.75, 3.05) is 44.3 Å². The van der Waals surface area contributed by atoms with Crippen molar-refractivity contribution in [1.29, 1.82) is 0 Å². The maximum atomic E-state index is 13.5. The summed E-state index contributed by atoms with van der Waals surface area (Å²) in [6.07, 6.45) is 4.52. The molecule has 2 heterocycles. The fraction of sp³-hybridized carbons (Fsp3) is 0.581. The van der Waals surface area contributed by atoms with E-state index in [0.717, 1.165) is 67.2 Å². The van der Waals surface area contributed by atoms with Crippen molar-refractivity contribution in [3.63, 3.8) is 0 Å². The molecule has 0 unspecified atom stereocenters. The summed E-state index contributed by atoms with van der Waals surface area (Å²) in [7, 11) is 0. The van der Waals surface area contributed by atoms with Crippen LogP contribution in [0.3, 0.4) is 0 Å². The lowest BCUT2D eigenvalue weighted by atomic mass is 10.1. The van der Waals surface area contributed by atoms with Crippen molar-refractivity contribution in [2.45, 2.75) is 86.8 Å². The van der Waals surface area contributed by atoms with Crippen molar-refractivity contribution in [2.24, 2.45) is 0 Å². The Hall–Kier alpha value is -2.23. The molecule has 2 aromatic rings. The molecule has 1 saturated heterocycles. The predicted molar refractivity (Wildman–Crippen MR) is 153 cm³/mol. The van der Waals surface area contributed by atoms with Gasteiger partial charge in [-0.25, -0.2) is 0 Å². The second-order valence-electron chi connectivity index (χ2n) is 10.6. The van der Waals surface area contributed by atoms with E-state index >= 15 is 0 Å². The van der Waals surface area contributed by atoms with Gasteiger partial charge in [0.05, 0.1) is 29.6 Å². The molecule has 9 heteroatoms. The number of benzene rings is 2. The normalized spacial score (nSPS) is 16.1. The fourth-order valence-corrected chi connectivity index (χ4v) is 6.39. The first-order valence-electron chi connectivity index (χ1n) is 14.6. The highest BCUT2D eigenvalue weighted by atomic mass is 32.2. The summed E-state index contributed by atoms with van der Waals surface area (Å²) in [5, 5.41) is 0. The molecule has 0 bridgehead atoms. The van der Waals surface area contributed by atoms with Gasteiger partial charge in [-0.15, -0.1) is 0 Å². The minimum absolute atomic E-state index is 0.137. The van der Waals surface area contributed by atoms with Gasteiger partial charge in [0.25, 0.3) is 0 Å². The standard InChI is InChI=1S/C31H41F3N2O3S/c1-2-3-4-5-6-12-30(37)39-22-21-38-25-15-19-35(20-16-25)17-9-18-36-26-10-7-8-11-28(26)40-29-14-13-24(23-27(29)36)31(32,33)34/h7-8,10-11,13-14,23,25H,2-6,9,12,15-22H2,1H3. The summed E-state index contributed by atoms with van der Waals surface area (Å²) < 4.78 is 51.6. The van der Waals surface area contributed by atoms with Gasteiger partial charge < -0.3 is 19.3 Å². The van der Waals surface area contributed by atoms with Gasteiger partial charge in [-0.05, 0) is 62.6 Å². The third-order valence-corrected chi connectivity index (χ3v) is 8.66. The van der Waals surface area contributed by atoms with Gasteiger partial charge in [-0.3, -0.25) is 4.79 Å². The molecule has 0 aromatic heterocycles. The second-order valence-corrected chi connectivity index (χ2v) is 11.6. The molecule has 0 atom stereocenters. The molecule has 0 N–H and O–H groups in total.